The Morgan fingerprint density at radius 3 is 2.64 bits per heavy atom. The first kappa shape index (κ1) is 27.8. The Balaban J connectivity index is 1.31. The van der Waals surface area contributed by atoms with Crippen LogP contribution in [0.1, 0.15) is 43.4 Å². The number of carbonyl (C=O) groups excluding carboxylic acids is 2. The highest BCUT2D eigenvalue weighted by Gasteiger charge is 2.40. The number of furan rings is 1. The molecule has 6 rings (SSSR count). The lowest BCUT2D eigenvalue weighted by Crippen LogP contribution is -2.39. The molecule has 42 heavy (non-hydrogen) atoms. The summed E-state index contributed by atoms with van der Waals surface area (Å²) in [5.41, 5.74) is 1.93. The zero-order valence-electron chi connectivity index (χ0n) is 23.0. The SMILES string of the molecule is Cc1cc(-c2nc(N(C(=O)C(CC(=O)O)Cc3ccccc3)C3CC3)sc2F)c(-c2ccc(N3CCCC3=O)nc2)o1. The van der Waals surface area contributed by atoms with Crippen LogP contribution in [-0.2, 0) is 20.8 Å². The van der Waals surface area contributed by atoms with Crippen LogP contribution in [-0.4, -0.2) is 45.4 Å². The summed E-state index contributed by atoms with van der Waals surface area (Å²) in [5.74, 6) is -0.745. The van der Waals surface area contributed by atoms with Gasteiger partial charge in [0.05, 0.1) is 17.9 Å². The van der Waals surface area contributed by atoms with Crippen molar-refractivity contribution in [2.24, 2.45) is 5.92 Å². The fourth-order valence-electron chi connectivity index (χ4n) is 5.35. The fraction of sp³-hybridized carbons (Fsp3) is 0.323. The van der Waals surface area contributed by atoms with E-state index in [0.717, 1.165) is 36.2 Å². The maximum Gasteiger partial charge on any atom is 0.304 e. The molecule has 2 aliphatic rings. The molecule has 11 heteroatoms. The number of carboxylic acids is 1. The Kier molecular flexibility index (Phi) is 7.59. The zero-order chi connectivity index (χ0) is 29.4. The van der Waals surface area contributed by atoms with E-state index in [1.165, 1.54) is 4.90 Å². The molecule has 1 N–H and O–H groups in total. The summed E-state index contributed by atoms with van der Waals surface area (Å²) in [6.07, 6.45) is 4.27. The van der Waals surface area contributed by atoms with E-state index < -0.39 is 17.0 Å². The Bertz CT molecular complexity index is 1630. The van der Waals surface area contributed by atoms with Crippen molar-refractivity contribution in [1.82, 2.24) is 9.97 Å². The smallest absolute Gasteiger partial charge is 0.304 e. The van der Waals surface area contributed by atoms with Gasteiger partial charge >= 0.3 is 5.97 Å². The van der Waals surface area contributed by atoms with Gasteiger partial charge in [0.1, 0.15) is 23.0 Å². The summed E-state index contributed by atoms with van der Waals surface area (Å²) >= 11 is 0.768. The minimum Gasteiger partial charge on any atom is -0.481 e. The number of aromatic nitrogens is 2. The lowest BCUT2D eigenvalue weighted by Gasteiger charge is -2.24. The van der Waals surface area contributed by atoms with Crippen LogP contribution in [0.5, 0.6) is 0 Å². The number of aliphatic carboxylic acids is 1. The van der Waals surface area contributed by atoms with E-state index in [4.69, 9.17) is 4.42 Å². The number of hydrogen-bond acceptors (Lipinski definition) is 7. The van der Waals surface area contributed by atoms with Gasteiger partial charge in [0, 0.05) is 30.8 Å². The van der Waals surface area contributed by atoms with E-state index in [0.29, 0.717) is 41.4 Å². The van der Waals surface area contributed by atoms with Gasteiger partial charge in [-0.3, -0.25) is 24.2 Å². The largest absolute Gasteiger partial charge is 0.481 e. The Labute approximate surface area is 245 Å². The number of nitrogens with zero attached hydrogens (tertiary/aromatic N) is 4. The normalized spacial score (nSPS) is 15.7. The second-order valence-electron chi connectivity index (χ2n) is 10.7. The Morgan fingerprint density at radius 1 is 1.21 bits per heavy atom. The summed E-state index contributed by atoms with van der Waals surface area (Å²) < 4.78 is 21.6. The monoisotopic (exact) mass is 588 g/mol. The third kappa shape index (κ3) is 5.69. The van der Waals surface area contributed by atoms with Gasteiger partial charge in [0.2, 0.25) is 16.9 Å². The van der Waals surface area contributed by atoms with Crippen molar-refractivity contribution < 1.29 is 28.3 Å². The summed E-state index contributed by atoms with van der Waals surface area (Å²) in [6.45, 7) is 2.38. The summed E-state index contributed by atoms with van der Waals surface area (Å²) in [5, 5.41) is 9.19. The standard InChI is InChI=1S/C31H29FN4O5S/c1-18-14-23(28(41-18)20-9-12-24(33-17-20)35-13-5-8-25(35)37)27-29(32)42-31(34-27)36(22-10-11-22)30(40)21(16-26(38)39)15-19-6-3-2-4-7-19/h2-4,6-7,9,12,14,17,21-22H,5,8,10-11,13,15-16H2,1H3,(H,38,39). The maximum absolute atomic E-state index is 15.6. The number of anilines is 2. The number of pyridine rings is 1. The van der Waals surface area contributed by atoms with Gasteiger partial charge in [-0.05, 0) is 56.4 Å². The highest BCUT2D eigenvalue weighted by molar-refractivity contribution is 7.14. The van der Waals surface area contributed by atoms with Gasteiger partial charge in [-0.1, -0.05) is 41.7 Å². The van der Waals surface area contributed by atoms with Gasteiger partial charge in [-0.25, -0.2) is 9.97 Å². The molecule has 1 saturated carbocycles. The highest BCUT2D eigenvalue weighted by atomic mass is 32.1. The maximum atomic E-state index is 15.6. The van der Waals surface area contributed by atoms with Crippen LogP contribution in [0.15, 0.2) is 59.1 Å². The van der Waals surface area contributed by atoms with Crippen LogP contribution in [0.2, 0.25) is 0 Å². The number of amides is 2. The molecule has 9 nitrogen and oxygen atoms in total. The van der Waals surface area contributed by atoms with Crippen molar-refractivity contribution in [3.05, 3.63) is 71.2 Å². The molecule has 1 saturated heterocycles. The molecule has 1 atom stereocenters. The third-order valence-corrected chi connectivity index (χ3v) is 8.34. The van der Waals surface area contributed by atoms with Crippen LogP contribution in [0, 0.1) is 18.0 Å². The molecule has 4 aromatic rings. The Hall–Kier alpha value is -4.38. The molecule has 4 heterocycles. The average molecular weight is 589 g/mol. The first-order valence-electron chi connectivity index (χ1n) is 13.9. The summed E-state index contributed by atoms with van der Waals surface area (Å²) in [4.78, 5) is 49.8. The summed E-state index contributed by atoms with van der Waals surface area (Å²) in [6, 6.07) is 14.3. The third-order valence-electron chi connectivity index (χ3n) is 7.50. The number of aryl methyl sites for hydroxylation is 1. The van der Waals surface area contributed by atoms with Crippen LogP contribution in [0.25, 0.3) is 22.6 Å². The van der Waals surface area contributed by atoms with Crippen molar-refractivity contribution in [1.29, 1.82) is 0 Å². The molecule has 1 unspecified atom stereocenters. The number of benzene rings is 1. The van der Waals surface area contributed by atoms with E-state index in [-0.39, 0.29) is 41.5 Å². The quantitative estimate of drug-likeness (QED) is 0.246. The van der Waals surface area contributed by atoms with E-state index in [1.54, 1.807) is 36.2 Å². The van der Waals surface area contributed by atoms with Crippen LogP contribution in [0.4, 0.5) is 15.3 Å². The van der Waals surface area contributed by atoms with E-state index >= 15 is 4.39 Å². The molecule has 0 radical (unpaired) electrons. The van der Waals surface area contributed by atoms with Gasteiger partial charge in [0.25, 0.3) is 0 Å². The molecule has 3 aromatic heterocycles. The second-order valence-corrected chi connectivity index (χ2v) is 11.6. The van der Waals surface area contributed by atoms with E-state index in [9.17, 15) is 19.5 Å². The van der Waals surface area contributed by atoms with Crippen LogP contribution in [0.3, 0.4) is 0 Å². The number of carboxylic acid groups (broad SMARTS) is 1. The number of halogens is 1. The minimum absolute atomic E-state index is 0.0333. The molecule has 1 aliphatic heterocycles. The van der Waals surface area contributed by atoms with Crippen molar-refractivity contribution in [3.63, 3.8) is 0 Å². The molecule has 0 bridgehead atoms. The topological polar surface area (TPSA) is 117 Å². The summed E-state index contributed by atoms with van der Waals surface area (Å²) in [7, 11) is 0. The molecule has 2 amide bonds. The number of thiazole rings is 1. The molecule has 1 aliphatic carbocycles. The number of rotatable bonds is 10. The van der Waals surface area contributed by atoms with Crippen molar-refractivity contribution in [2.75, 3.05) is 16.3 Å². The van der Waals surface area contributed by atoms with Crippen LogP contribution >= 0.6 is 11.3 Å². The lowest BCUT2D eigenvalue weighted by atomic mass is 9.94. The lowest BCUT2D eigenvalue weighted by molar-refractivity contribution is -0.140. The zero-order valence-corrected chi connectivity index (χ0v) is 23.8. The van der Waals surface area contributed by atoms with Crippen molar-refractivity contribution >= 4 is 40.1 Å². The predicted molar refractivity (Wildman–Crippen MR) is 156 cm³/mol. The predicted octanol–water partition coefficient (Wildman–Crippen LogP) is 5.87. The van der Waals surface area contributed by atoms with Crippen molar-refractivity contribution in [2.45, 2.75) is 51.5 Å². The molecule has 2 fully saturated rings. The van der Waals surface area contributed by atoms with E-state index in [1.807, 2.05) is 30.3 Å². The number of carbonyl (C=O) groups is 3. The van der Waals surface area contributed by atoms with Crippen molar-refractivity contribution in [3.8, 4) is 22.6 Å². The average Bonchev–Trinajstić information content (AvgIpc) is 3.40. The minimum atomic E-state index is -1.07. The first-order chi connectivity index (χ1) is 20.3. The molecule has 216 valence electrons. The van der Waals surface area contributed by atoms with Gasteiger partial charge in [-0.2, -0.15) is 4.39 Å². The highest BCUT2D eigenvalue weighted by Crippen LogP contribution is 2.42. The second kappa shape index (κ2) is 11.5. The molecular formula is C31H29FN4O5S. The van der Waals surface area contributed by atoms with Gasteiger partial charge in [-0.15, -0.1) is 0 Å². The van der Waals surface area contributed by atoms with Gasteiger partial charge in [0.15, 0.2) is 5.13 Å². The first-order valence-corrected chi connectivity index (χ1v) is 14.7. The van der Waals surface area contributed by atoms with Crippen LogP contribution < -0.4 is 9.80 Å². The molecule has 0 spiro atoms. The molecular weight excluding hydrogens is 559 g/mol. The molecule has 1 aromatic carbocycles. The number of hydrogen-bond donors (Lipinski definition) is 1. The fourth-order valence-corrected chi connectivity index (χ4v) is 6.24. The van der Waals surface area contributed by atoms with E-state index in [2.05, 4.69) is 9.97 Å². The van der Waals surface area contributed by atoms with Gasteiger partial charge < -0.3 is 9.52 Å². The Morgan fingerprint density at radius 2 is 2.00 bits per heavy atom.